The number of carbonyl (C=O) groups is 1. The van der Waals surface area contributed by atoms with E-state index >= 15 is 0 Å². The molecule has 1 saturated heterocycles. The van der Waals surface area contributed by atoms with E-state index in [-0.39, 0.29) is 12.8 Å². The highest BCUT2D eigenvalue weighted by Crippen LogP contribution is 2.29. The van der Waals surface area contributed by atoms with Crippen LogP contribution in [0.4, 0.5) is 4.79 Å². The Labute approximate surface area is 122 Å². The van der Waals surface area contributed by atoms with Crippen molar-refractivity contribution in [1.29, 1.82) is 0 Å². The Morgan fingerprint density at radius 3 is 3.10 bits per heavy atom. The monoisotopic (exact) mass is 289 g/mol. The maximum atomic E-state index is 10.8. The molecule has 2 aromatic rings. The van der Waals surface area contributed by atoms with Crippen molar-refractivity contribution >= 4 is 17.0 Å². The van der Waals surface area contributed by atoms with Gasteiger partial charge in [-0.1, -0.05) is 12.1 Å². The lowest BCUT2D eigenvalue weighted by Gasteiger charge is -2.23. The zero-order chi connectivity index (χ0) is 14.8. The molecule has 2 N–H and O–H groups in total. The first-order chi connectivity index (χ1) is 10.2. The molecule has 1 atom stereocenters. The zero-order valence-electron chi connectivity index (χ0n) is 12.0. The molecule has 1 aromatic carbocycles. The molecule has 1 aromatic heterocycles. The van der Waals surface area contributed by atoms with Gasteiger partial charge in [0.1, 0.15) is 6.61 Å². The first-order valence-electron chi connectivity index (χ1n) is 7.17. The molecule has 6 nitrogen and oxygen atoms in total. The second-order valence-corrected chi connectivity index (χ2v) is 5.27. The number of rotatable bonds is 3. The maximum absolute atomic E-state index is 10.8. The first kappa shape index (κ1) is 13.9. The fourth-order valence-corrected chi connectivity index (χ4v) is 2.87. The van der Waals surface area contributed by atoms with Gasteiger partial charge in [0.25, 0.3) is 0 Å². The molecule has 112 valence electrons. The van der Waals surface area contributed by atoms with Crippen molar-refractivity contribution < 1.29 is 14.3 Å². The third kappa shape index (κ3) is 2.71. The molecule has 1 fully saturated rings. The van der Waals surface area contributed by atoms with E-state index in [2.05, 4.69) is 5.10 Å². The summed E-state index contributed by atoms with van der Waals surface area (Å²) in [5.41, 5.74) is 7.86. The molecule has 0 saturated carbocycles. The van der Waals surface area contributed by atoms with Gasteiger partial charge in [0, 0.05) is 17.6 Å². The van der Waals surface area contributed by atoms with Crippen molar-refractivity contribution in [3.8, 4) is 0 Å². The van der Waals surface area contributed by atoms with E-state index in [1.807, 2.05) is 29.8 Å². The number of nitrogens with two attached hydrogens (primary N) is 1. The SMILES string of the molecule is Cc1nn(C2CCCCO2)c2cccc(COC(N)=O)c12. The Bertz CT molecular complexity index is 659. The van der Waals surface area contributed by atoms with Crippen molar-refractivity contribution in [3.63, 3.8) is 0 Å². The van der Waals surface area contributed by atoms with E-state index in [1.54, 1.807) is 0 Å². The van der Waals surface area contributed by atoms with Crippen LogP contribution in [0.1, 0.15) is 36.7 Å². The van der Waals surface area contributed by atoms with Crippen LogP contribution in [-0.2, 0) is 16.1 Å². The Morgan fingerprint density at radius 1 is 1.52 bits per heavy atom. The summed E-state index contributed by atoms with van der Waals surface area (Å²) in [7, 11) is 0. The number of benzene rings is 1. The Morgan fingerprint density at radius 2 is 2.38 bits per heavy atom. The lowest BCUT2D eigenvalue weighted by molar-refractivity contribution is -0.0368. The van der Waals surface area contributed by atoms with Crippen LogP contribution in [-0.4, -0.2) is 22.5 Å². The van der Waals surface area contributed by atoms with Crippen molar-refractivity contribution in [2.75, 3.05) is 6.61 Å². The van der Waals surface area contributed by atoms with Crippen LogP contribution in [0.15, 0.2) is 18.2 Å². The summed E-state index contributed by atoms with van der Waals surface area (Å²) in [6, 6.07) is 5.87. The molecule has 0 radical (unpaired) electrons. The summed E-state index contributed by atoms with van der Waals surface area (Å²) in [6.45, 7) is 2.88. The molecule has 1 aliphatic rings. The molecule has 21 heavy (non-hydrogen) atoms. The highest BCUT2D eigenvalue weighted by molar-refractivity contribution is 5.85. The summed E-state index contributed by atoms with van der Waals surface area (Å²) in [6.07, 6.45) is 2.44. The quantitative estimate of drug-likeness (QED) is 0.942. The predicted octanol–water partition coefficient (Wildman–Crippen LogP) is 2.64. The second kappa shape index (κ2) is 5.73. The number of primary amides is 1. The van der Waals surface area contributed by atoms with E-state index < -0.39 is 6.09 Å². The third-order valence-corrected chi connectivity index (χ3v) is 3.79. The van der Waals surface area contributed by atoms with Crippen molar-refractivity contribution in [2.24, 2.45) is 5.73 Å². The number of hydrogen-bond donors (Lipinski definition) is 1. The van der Waals surface area contributed by atoms with Crippen LogP contribution < -0.4 is 5.73 Å². The summed E-state index contributed by atoms with van der Waals surface area (Å²) in [5, 5.41) is 5.63. The molecule has 3 rings (SSSR count). The number of hydrogen-bond acceptors (Lipinski definition) is 4. The summed E-state index contributed by atoms with van der Waals surface area (Å²) in [4.78, 5) is 10.8. The topological polar surface area (TPSA) is 79.4 Å². The molecule has 2 heterocycles. The van der Waals surface area contributed by atoms with E-state index in [0.717, 1.165) is 48.0 Å². The summed E-state index contributed by atoms with van der Waals surface area (Å²) < 4.78 is 12.7. The van der Waals surface area contributed by atoms with E-state index in [4.69, 9.17) is 15.2 Å². The molecule has 0 spiro atoms. The smallest absolute Gasteiger partial charge is 0.404 e. The van der Waals surface area contributed by atoms with Gasteiger partial charge >= 0.3 is 6.09 Å². The highest BCUT2D eigenvalue weighted by atomic mass is 16.5. The van der Waals surface area contributed by atoms with Crippen LogP contribution in [0.2, 0.25) is 0 Å². The van der Waals surface area contributed by atoms with Crippen LogP contribution in [0.5, 0.6) is 0 Å². The molecule has 0 bridgehead atoms. The van der Waals surface area contributed by atoms with Gasteiger partial charge in [0.15, 0.2) is 6.23 Å². The fraction of sp³-hybridized carbons (Fsp3) is 0.467. The largest absolute Gasteiger partial charge is 0.445 e. The van der Waals surface area contributed by atoms with Gasteiger partial charge in [-0.05, 0) is 32.3 Å². The zero-order valence-corrected chi connectivity index (χ0v) is 12.0. The lowest BCUT2D eigenvalue weighted by Crippen LogP contribution is -2.19. The van der Waals surface area contributed by atoms with E-state index in [1.165, 1.54) is 0 Å². The Hall–Kier alpha value is -2.08. The minimum Gasteiger partial charge on any atom is -0.445 e. The molecule has 6 heteroatoms. The van der Waals surface area contributed by atoms with Gasteiger partial charge in [-0.25, -0.2) is 9.48 Å². The normalized spacial score (nSPS) is 18.8. The number of nitrogens with zero attached hydrogens (tertiary/aromatic N) is 2. The van der Waals surface area contributed by atoms with Gasteiger partial charge in [0.2, 0.25) is 0 Å². The van der Waals surface area contributed by atoms with Crippen LogP contribution in [0, 0.1) is 6.92 Å². The standard InChI is InChI=1S/C15H19N3O3/c1-10-14-11(9-21-15(16)19)5-4-6-12(14)18(17-10)13-7-2-3-8-20-13/h4-6,13H,2-3,7-9H2,1H3,(H2,16,19). The number of aryl methyl sites for hydroxylation is 1. The molecular weight excluding hydrogens is 270 g/mol. The van der Waals surface area contributed by atoms with E-state index in [9.17, 15) is 4.79 Å². The van der Waals surface area contributed by atoms with Gasteiger partial charge in [-0.3, -0.25) is 0 Å². The van der Waals surface area contributed by atoms with Gasteiger partial charge in [-0.15, -0.1) is 0 Å². The number of aromatic nitrogens is 2. The van der Waals surface area contributed by atoms with Gasteiger partial charge < -0.3 is 15.2 Å². The van der Waals surface area contributed by atoms with Gasteiger partial charge in [-0.2, -0.15) is 5.10 Å². The number of ether oxygens (including phenoxy) is 2. The summed E-state index contributed by atoms with van der Waals surface area (Å²) in [5.74, 6) is 0. The molecular formula is C15H19N3O3. The second-order valence-electron chi connectivity index (χ2n) is 5.27. The minimum absolute atomic E-state index is 0.0118. The molecule has 1 aliphatic heterocycles. The fourth-order valence-electron chi connectivity index (χ4n) is 2.87. The van der Waals surface area contributed by atoms with Crippen LogP contribution in [0.25, 0.3) is 10.9 Å². The summed E-state index contributed by atoms with van der Waals surface area (Å²) >= 11 is 0. The number of fused-ring (bicyclic) bond motifs is 1. The Kier molecular flexibility index (Phi) is 3.79. The van der Waals surface area contributed by atoms with Crippen molar-refractivity contribution in [2.45, 2.75) is 39.0 Å². The highest BCUT2D eigenvalue weighted by Gasteiger charge is 2.21. The average molecular weight is 289 g/mol. The predicted molar refractivity (Wildman–Crippen MR) is 77.7 cm³/mol. The molecule has 1 unspecified atom stereocenters. The maximum Gasteiger partial charge on any atom is 0.404 e. The van der Waals surface area contributed by atoms with Gasteiger partial charge in [0.05, 0.1) is 11.2 Å². The van der Waals surface area contributed by atoms with Crippen LogP contribution in [0.3, 0.4) is 0 Å². The molecule has 1 amide bonds. The lowest BCUT2D eigenvalue weighted by atomic mass is 10.1. The molecule has 0 aliphatic carbocycles. The first-order valence-corrected chi connectivity index (χ1v) is 7.17. The van der Waals surface area contributed by atoms with Crippen molar-refractivity contribution in [1.82, 2.24) is 9.78 Å². The van der Waals surface area contributed by atoms with Crippen molar-refractivity contribution in [3.05, 3.63) is 29.5 Å². The van der Waals surface area contributed by atoms with E-state index in [0.29, 0.717) is 0 Å². The third-order valence-electron chi connectivity index (χ3n) is 3.79. The number of amides is 1. The number of carbonyl (C=O) groups excluding carboxylic acids is 1. The minimum atomic E-state index is -0.771. The Balaban J connectivity index is 2.00. The van der Waals surface area contributed by atoms with Crippen LogP contribution >= 0.6 is 0 Å². The average Bonchev–Trinajstić information content (AvgIpc) is 2.84.